The van der Waals surface area contributed by atoms with Crippen LogP contribution in [0, 0.1) is 0 Å². The molecule has 3 rings (SSSR count). The van der Waals surface area contributed by atoms with E-state index in [9.17, 15) is 9.90 Å². The molecule has 1 N–H and O–H groups in total. The molecule has 5 heteroatoms. The van der Waals surface area contributed by atoms with Crippen LogP contribution in [0.1, 0.15) is 16.9 Å². The van der Waals surface area contributed by atoms with Crippen LogP contribution in [0.3, 0.4) is 0 Å². The first kappa shape index (κ1) is 17.1. The van der Waals surface area contributed by atoms with Gasteiger partial charge < -0.3 is 14.4 Å². The average molecular weight is 356 g/mol. The molecule has 1 aromatic heterocycles. The summed E-state index contributed by atoms with van der Waals surface area (Å²) >= 11 is 6.17. The Morgan fingerprint density at radius 3 is 2.36 bits per heavy atom. The fraction of sp³-hybridized carbons (Fsp3) is 0.150. The predicted molar refractivity (Wildman–Crippen MR) is 96.2 cm³/mol. The molecule has 0 atom stereocenters. The largest absolute Gasteiger partial charge is 0.508 e. The molecule has 0 aliphatic heterocycles. The van der Waals surface area contributed by atoms with Crippen molar-refractivity contribution in [3.8, 4) is 5.75 Å². The smallest absolute Gasteiger partial charge is 0.227 e. The zero-order valence-corrected chi connectivity index (χ0v) is 14.3. The first-order chi connectivity index (χ1) is 12.1. The third kappa shape index (κ3) is 4.43. The molecule has 25 heavy (non-hydrogen) atoms. The minimum absolute atomic E-state index is 0.0900. The standard InChI is InChI=1S/C20H18ClNO3/c21-18-9-3-1-6-15(18)12-20(24)22(14-17-8-5-11-25-17)13-16-7-2-4-10-19(16)23/h1-11,23H,12-14H2. The second-order valence-electron chi connectivity index (χ2n) is 5.73. The van der Waals surface area contributed by atoms with E-state index in [0.29, 0.717) is 22.9 Å². The maximum Gasteiger partial charge on any atom is 0.227 e. The van der Waals surface area contributed by atoms with Gasteiger partial charge in [-0.1, -0.05) is 48.0 Å². The zero-order valence-electron chi connectivity index (χ0n) is 13.6. The number of hydrogen-bond acceptors (Lipinski definition) is 3. The number of aromatic hydroxyl groups is 1. The van der Waals surface area contributed by atoms with E-state index in [0.717, 1.165) is 5.56 Å². The van der Waals surface area contributed by atoms with Gasteiger partial charge in [0.05, 0.1) is 19.2 Å². The molecule has 0 saturated heterocycles. The number of carbonyl (C=O) groups excluding carboxylic acids is 1. The Kier molecular flexibility index (Phi) is 5.41. The summed E-state index contributed by atoms with van der Waals surface area (Å²) in [5.74, 6) is 0.758. The van der Waals surface area contributed by atoms with E-state index < -0.39 is 0 Å². The lowest BCUT2D eigenvalue weighted by Gasteiger charge is -2.22. The zero-order chi connectivity index (χ0) is 17.6. The van der Waals surface area contributed by atoms with Crippen molar-refractivity contribution in [3.05, 3.63) is 88.8 Å². The molecular weight excluding hydrogens is 338 g/mol. The third-order valence-corrected chi connectivity index (χ3v) is 4.30. The summed E-state index contributed by atoms with van der Waals surface area (Å²) < 4.78 is 5.37. The highest BCUT2D eigenvalue weighted by Gasteiger charge is 2.18. The number of para-hydroxylation sites is 1. The summed E-state index contributed by atoms with van der Waals surface area (Å²) in [5, 5.41) is 10.6. The van der Waals surface area contributed by atoms with E-state index in [1.807, 2.05) is 30.3 Å². The van der Waals surface area contributed by atoms with Crippen LogP contribution in [0.5, 0.6) is 5.75 Å². The summed E-state index contributed by atoms with van der Waals surface area (Å²) in [6.45, 7) is 0.612. The number of rotatable bonds is 6. The Bertz CT molecular complexity index is 846. The number of amides is 1. The topological polar surface area (TPSA) is 53.7 Å². The predicted octanol–water partition coefficient (Wildman–Crippen LogP) is 4.41. The number of nitrogens with zero attached hydrogens (tertiary/aromatic N) is 1. The number of benzene rings is 2. The lowest BCUT2D eigenvalue weighted by Crippen LogP contribution is -2.31. The lowest BCUT2D eigenvalue weighted by atomic mass is 10.1. The SMILES string of the molecule is O=C(Cc1ccccc1Cl)N(Cc1ccco1)Cc1ccccc1O. The van der Waals surface area contributed by atoms with Crippen LogP contribution in [0.15, 0.2) is 71.3 Å². The number of hydrogen-bond donors (Lipinski definition) is 1. The third-order valence-electron chi connectivity index (χ3n) is 3.93. The van der Waals surface area contributed by atoms with Crippen molar-refractivity contribution < 1.29 is 14.3 Å². The van der Waals surface area contributed by atoms with Gasteiger partial charge in [0.2, 0.25) is 5.91 Å². The van der Waals surface area contributed by atoms with Gasteiger partial charge in [-0.2, -0.15) is 0 Å². The molecular formula is C20H18ClNO3. The monoisotopic (exact) mass is 355 g/mol. The number of phenolic OH excluding ortho intramolecular Hbond substituents is 1. The van der Waals surface area contributed by atoms with Crippen LogP contribution >= 0.6 is 11.6 Å². The van der Waals surface area contributed by atoms with E-state index in [-0.39, 0.29) is 24.6 Å². The maximum atomic E-state index is 12.9. The number of furan rings is 1. The number of phenols is 1. The fourth-order valence-corrected chi connectivity index (χ4v) is 2.79. The summed E-state index contributed by atoms with van der Waals surface area (Å²) in [4.78, 5) is 14.5. The van der Waals surface area contributed by atoms with E-state index in [1.165, 1.54) is 0 Å². The van der Waals surface area contributed by atoms with Gasteiger partial charge in [0.15, 0.2) is 0 Å². The maximum absolute atomic E-state index is 12.9. The first-order valence-electron chi connectivity index (χ1n) is 7.94. The molecule has 0 fully saturated rings. The Morgan fingerprint density at radius 2 is 1.68 bits per heavy atom. The van der Waals surface area contributed by atoms with Gasteiger partial charge in [-0.05, 0) is 29.8 Å². The molecule has 0 aliphatic carbocycles. The van der Waals surface area contributed by atoms with Gasteiger partial charge in [0.25, 0.3) is 0 Å². The van der Waals surface area contributed by atoms with Gasteiger partial charge in [0.1, 0.15) is 11.5 Å². The van der Waals surface area contributed by atoms with Gasteiger partial charge in [-0.3, -0.25) is 4.79 Å². The Hall–Kier alpha value is -2.72. The summed E-state index contributed by atoms with van der Waals surface area (Å²) in [6.07, 6.45) is 1.76. The van der Waals surface area contributed by atoms with Crippen molar-refractivity contribution in [1.82, 2.24) is 4.90 Å². The van der Waals surface area contributed by atoms with Crippen LogP contribution in [0.4, 0.5) is 0 Å². The molecule has 0 radical (unpaired) electrons. The molecule has 0 unspecified atom stereocenters. The fourth-order valence-electron chi connectivity index (χ4n) is 2.59. The van der Waals surface area contributed by atoms with E-state index >= 15 is 0 Å². The summed E-state index contributed by atoms with van der Waals surface area (Å²) in [5.41, 5.74) is 1.46. The summed E-state index contributed by atoms with van der Waals surface area (Å²) in [7, 11) is 0. The van der Waals surface area contributed by atoms with Gasteiger partial charge in [-0.25, -0.2) is 0 Å². The Morgan fingerprint density at radius 1 is 0.960 bits per heavy atom. The van der Waals surface area contributed by atoms with Gasteiger partial charge >= 0.3 is 0 Å². The highest BCUT2D eigenvalue weighted by molar-refractivity contribution is 6.31. The molecule has 4 nitrogen and oxygen atoms in total. The molecule has 0 aliphatic rings. The normalized spacial score (nSPS) is 10.6. The van der Waals surface area contributed by atoms with E-state index in [2.05, 4.69) is 0 Å². The molecule has 0 bridgehead atoms. The van der Waals surface area contributed by atoms with Crippen molar-refractivity contribution in [3.63, 3.8) is 0 Å². The van der Waals surface area contributed by atoms with Crippen molar-refractivity contribution in [2.75, 3.05) is 0 Å². The quantitative estimate of drug-likeness (QED) is 0.712. The van der Waals surface area contributed by atoms with Crippen molar-refractivity contribution in [2.45, 2.75) is 19.5 Å². The molecule has 3 aromatic rings. The van der Waals surface area contributed by atoms with E-state index in [1.54, 1.807) is 41.5 Å². The van der Waals surface area contributed by atoms with Crippen LogP contribution in [-0.4, -0.2) is 15.9 Å². The minimum atomic E-state index is -0.0900. The number of carbonyl (C=O) groups is 1. The number of halogens is 1. The highest BCUT2D eigenvalue weighted by Crippen LogP contribution is 2.21. The van der Waals surface area contributed by atoms with Crippen molar-refractivity contribution in [1.29, 1.82) is 0 Å². The van der Waals surface area contributed by atoms with Crippen LogP contribution in [0.2, 0.25) is 5.02 Å². The average Bonchev–Trinajstić information content (AvgIpc) is 3.11. The molecule has 1 amide bonds. The molecule has 128 valence electrons. The molecule has 1 heterocycles. The van der Waals surface area contributed by atoms with Crippen molar-refractivity contribution in [2.24, 2.45) is 0 Å². The lowest BCUT2D eigenvalue weighted by molar-refractivity contribution is -0.132. The van der Waals surface area contributed by atoms with E-state index in [4.69, 9.17) is 16.0 Å². The molecule has 0 spiro atoms. The van der Waals surface area contributed by atoms with Crippen LogP contribution in [0.25, 0.3) is 0 Å². The summed E-state index contributed by atoms with van der Waals surface area (Å²) in [6, 6.07) is 17.9. The molecule has 2 aromatic carbocycles. The first-order valence-corrected chi connectivity index (χ1v) is 8.31. The minimum Gasteiger partial charge on any atom is -0.508 e. The second-order valence-corrected chi connectivity index (χ2v) is 6.13. The van der Waals surface area contributed by atoms with Gasteiger partial charge in [0, 0.05) is 17.1 Å². The van der Waals surface area contributed by atoms with Crippen LogP contribution < -0.4 is 0 Å². The Labute approximate surface area is 151 Å². The highest BCUT2D eigenvalue weighted by atomic mass is 35.5. The Balaban J connectivity index is 1.81. The van der Waals surface area contributed by atoms with Crippen molar-refractivity contribution >= 4 is 17.5 Å². The second kappa shape index (κ2) is 7.90. The van der Waals surface area contributed by atoms with Gasteiger partial charge in [-0.15, -0.1) is 0 Å². The van der Waals surface area contributed by atoms with Crippen LogP contribution in [-0.2, 0) is 24.3 Å². The molecule has 0 saturated carbocycles.